The van der Waals surface area contributed by atoms with Crippen molar-refractivity contribution in [2.75, 3.05) is 11.5 Å². The molecule has 0 saturated carbocycles. The van der Waals surface area contributed by atoms with Crippen molar-refractivity contribution < 1.29 is 13.5 Å². The molecule has 2 rings (SSSR count). The molecular weight excluding hydrogens is 262 g/mol. The van der Waals surface area contributed by atoms with E-state index in [-0.39, 0.29) is 5.75 Å². The van der Waals surface area contributed by atoms with Gasteiger partial charge in [0.05, 0.1) is 4.58 Å². The molecule has 1 aromatic carbocycles. The highest BCUT2D eigenvalue weighted by atomic mass is 32.2. The van der Waals surface area contributed by atoms with E-state index < -0.39 is 6.61 Å². The predicted octanol–water partition coefficient (Wildman–Crippen LogP) is 4.47. The molecule has 1 aliphatic heterocycles. The average Bonchev–Trinajstić information content (AvgIpc) is 2.32. The van der Waals surface area contributed by atoms with Crippen molar-refractivity contribution in [1.82, 2.24) is 0 Å². The van der Waals surface area contributed by atoms with Crippen LogP contribution in [0.2, 0.25) is 0 Å². The van der Waals surface area contributed by atoms with Gasteiger partial charge in [0.25, 0.3) is 0 Å². The van der Waals surface area contributed by atoms with E-state index in [0.717, 1.165) is 5.56 Å². The molecule has 0 aliphatic carbocycles. The number of rotatable bonds is 3. The molecule has 1 fully saturated rings. The first-order chi connectivity index (χ1) is 8.16. The third-order valence-corrected chi connectivity index (χ3v) is 5.53. The van der Waals surface area contributed by atoms with Crippen LogP contribution in [-0.2, 0) is 0 Å². The fourth-order valence-corrected chi connectivity index (χ4v) is 4.60. The van der Waals surface area contributed by atoms with Crippen molar-refractivity contribution in [2.24, 2.45) is 0 Å². The Bertz CT molecular complexity index is 379. The first-order valence-corrected chi connectivity index (χ1v) is 7.55. The maximum atomic E-state index is 12.1. The molecule has 0 atom stereocenters. The van der Waals surface area contributed by atoms with Crippen LogP contribution in [-0.4, -0.2) is 18.1 Å². The van der Waals surface area contributed by atoms with Gasteiger partial charge in [-0.1, -0.05) is 12.1 Å². The standard InChI is InChI=1S/C12H14F2OS2/c1-8-7-9(11-16-5-2-6-17-11)3-4-10(8)15-12(13)14/h3-4,7,11-12H,2,5-6H2,1H3. The van der Waals surface area contributed by atoms with Crippen LogP contribution < -0.4 is 4.74 Å². The van der Waals surface area contributed by atoms with E-state index in [0.29, 0.717) is 4.58 Å². The second-order valence-electron chi connectivity index (χ2n) is 3.83. The topological polar surface area (TPSA) is 9.23 Å². The van der Waals surface area contributed by atoms with E-state index in [1.807, 2.05) is 35.7 Å². The lowest BCUT2D eigenvalue weighted by Gasteiger charge is -2.22. The van der Waals surface area contributed by atoms with Gasteiger partial charge in [-0.15, -0.1) is 23.5 Å². The SMILES string of the molecule is Cc1cc(C2SCCCS2)ccc1OC(F)F. The van der Waals surface area contributed by atoms with Crippen molar-refractivity contribution in [3.8, 4) is 5.75 Å². The molecule has 94 valence electrons. The molecule has 5 heteroatoms. The maximum absolute atomic E-state index is 12.1. The molecule has 1 saturated heterocycles. The van der Waals surface area contributed by atoms with Gasteiger partial charge < -0.3 is 4.74 Å². The lowest BCUT2D eigenvalue weighted by atomic mass is 10.1. The Morgan fingerprint density at radius 2 is 2.00 bits per heavy atom. The fourth-order valence-electron chi connectivity index (χ4n) is 1.73. The van der Waals surface area contributed by atoms with Gasteiger partial charge in [0.15, 0.2) is 0 Å². The largest absolute Gasteiger partial charge is 0.435 e. The minimum absolute atomic E-state index is 0.273. The summed E-state index contributed by atoms with van der Waals surface area (Å²) in [5, 5.41) is 0. The van der Waals surface area contributed by atoms with Crippen LogP contribution in [0.5, 0.6) is 5.75 Å². The molecule has 0 bridgehead atoms. The molecular formula is C12H14F2OS2. The number of ether oxygens (including phenoxy) is 1. The molecule has 0 radical (unpaired) electrons. The number of hydrogen-bond acceptors (Lipinski definition) is 3. The second kappa shape index (κ2) is 5.96. The van der Waals surface area contributed by atoms with Crippen LogP contribution in [0.25, 0.3) is 0 Å². The predicted molar refractivity (Wildman–Crippen MR) is 70.1 cm³/mol. The van der Waals surface area contributed by atoms with Crippen LogP contribution >= 0.6 is 23.5 Å². The Kier molecular flexibility index (Phi) is 4.56. The third kappa shape index (κ3) is 3.52. The van der Waals surface area contributed by atoms with E-state index in [1.54, 1.807) is 13.0 Å². The van der Waals surface area contributed by atoms with Crippen molar-refractivity contribution in [3.05, 3.63) is 29.3 Å². The molecule has 17 heavy (non-hydrogen) atoms. The number of halogens is 2. The van der Waals surface area contributed by atoms with E-state index >= 15 is 0 Å². The number of benzene rings is 1. The summed E-state index contributed by atoms with van der Waals surface area (Å²) < 4.78 is 29.1. The molecule has 1 nitrogen and oxygen atoms in total. The highest BCUT2D eigenvalue weighted by molar-refractivity contribution is 8.16. The van der Waals surface area contributed by atoms with Gasteiger partial charge in [0, 0.05) is 0 Å². The van der Waals surface area contributed by atoms with E-state index in [2.05, 4.69) is 4.74 Å². The highest BCUT2D eigenvalue weighted by Gasteiger charge is 2.17. The summed E-state index contributed by atoms with van der Waals surface area (Å²) in [4.78, 5) is 0. The van der Waals surface area contributed by atoms with E-state index in [9.17, 15) is 8.78 Å². The number of alkyl halides is 2. The maximum Gasteiger partial charge on any atom is 0.387 e. The first-order valence-electron chi connectivity index (χ1n) is 5.45. The Morgan fingerprint density at radius 3 is 2.59 bits per heavy atom. The summed E-state index contributed by atoms with van der Waals surface area (Å²) in [7, 11) is 0. The van der Waals surface area contributed by atoms with Gasteiger partial charge in [0.1, 0.15) is 5.75 Å². The van der Waals surface area contributed by atoms with Gasteiger partial charge in [-0.3, -0.25) is 0 Å². The summed E-state index contributed by atoms with van der Waals surface area (Å²) in [6, 6.07) is 5.49. The molecule has 0 amide bonds. The van der Waals surface area contributed by atoms with Crippen LogP contribution in [0.3, 0.4) is 0 Å². The molecule has 0 unspecified atom stereocenters. The summed E-state index contributed by atoms with van der Waals surface area (Å²) in [5.74, 6) is 2.62. The highest BCUT2D eigenvalue weighted by Crippen LogP contribution is 2.44. The Balaban J connectivity index is 2.12. The normalized spacial score (nSPS) is 17.4. The minimum Gasteiger partial charge on any atom is -0.435 e. The molecule has 1 heterocycles. The smallest absolute Gasteiger partial charge is 0.387 e. The van der Waals surface area contributed by atoms with Crippen LogP contribution in [0.15, 0.2) is 18.2 Å². The van der Waals surface area contributed by atoms with Gasteiger partial charge in [-0.05, 0) is 42.0 Å². The lowest BCUT2D eigenvalue weighted by molar-refractivity contribution is -0.0503. The lowest BCUT2D eigenvalue weighted by Crippen LogP contribution is -2.04. The van der Waals surface area contributed by atoms with Crippen molar-refractivity contribution in [1.29, 1.82) is 0 Å². The number of aryl methyl sites for hydroxylation is 1. The third-order valence-electron chi connectivity index (χ3n) is 2.51. The summed E-state index contributed by atoms with van der Waals surface area (Å²) >= 11 is 3.84. The van der Waals surface area contributed by atoms with Crippen LogP contribution in [0.1, 0.15) is 22.1 Å². The fraction of sp³-hybridized carbons (Fsp3) is 0.500. The zero-order chi connectivity index (χ0) is 12.3. The van der Waals surface area contributed by atoms with E-state index in [4.69, 9.17) is 0 Å². The number of hydrogen-bond donors (Lipinski definition) is 0. The zero-order valence-corrected chi connectivity index (χ0v) is 11.1. The monoisotopic (exact) mass is 276 g/mol. The Labute approximate surface area is 108 Å². The van der Waals surface area contributed by atoms with Crippen LogP contribution in [0.4, 0.5) is 8.78 Å². The van der Waals surface area contributed by atoms with Gasteiger partial charge in [0.2, 0.25) is 0 Å². The summed E-state index contributed by atoms with van der Waals surface area (Å²) in [6.45, 7) is -0.947. The molecule has 1 aliphatic rings. The van der Waals surface area contributed by atoms with Gasteiger partial charge in [-0.2, -0.15) is 8.78 Å². The summed E-state index contributed by atoms with van der Waals surface area (Å²) in [5.41, 5.74) is 1.97. The first kappa shape index (κ1) is 13.0. The number of thioether (sulfide) groups is 2. The Morgan fingerprint density at radius 1 is 1.29 bits per heavy atom. The molecule has 1 aromatic rings. The molecule has 0 N–H and O–H groups in total. The van der Waals surface area contributed by atoms with Gasteiger partial charge >= 0.3 is 6.61 Å². The van der Waals surface area contributed by atoms with E-state index in [1.165, 1.54) is 23.5 Å². The Hall–Kier alpha value is -0.420. The quantitative estimate of drug-likeness (QED) is 0.806. The van der Waals surface area contributed by atoms with Crippen molar-refractivity contribution >= 4 is 23.5 Å². The average molecular weight is 276 g/mol. The second-order valence-corrected chi connectivity index (χ2v) is 6.55. The van der Waals surface area contributed by atoms with Crippen molar-refractivity contribution in [2.45, 2.75) is 24.5 Å². The zero-order valence-electron chi connectivity index (χ0n) is 9.49. The molecule has 0 spiro atoms. The van der Waals surface area contributed by atoms with Crippen molar-refractivity contribution in [3.63, 3.8) is 0 Å². The molecule has 0 aromatic heterocycles. The summed E-state index contributed by atoms with van der Waals surface area (Å²) in [6.07, 6.45) is 1.25. The minimum atomic E-state index is -2.75. The van der Waals surface area contributed by atoms with Crippen LogP contribution in [0, 0.1) is 6.92 Å². The van der Waals surface area contributed by atoms with Gasteiger partial charge in [-0.25, -0.2) is 0 Å².